The average Bonchev–Trinajstić information content (AvgIpc) is 3.05. The van der Waals surface area contributed by atoms with Gasteiger partial charge >= 0.3 is 0 Å². The summed E-state index contributed by atoms with van der Waals surface area (Å²) >= 11 is 0. The lowest BCUT2D eigenvalue weighted by Crippen LogP contribution is -2.21. The van der Waals surface area contributed by atoms with E-state index in [0.717, 1.165) is 22.4 Å². The Labute approximate surface area is 137 Å². The molecule has 0 saturated carbocycles. The number of hydrogen-bond acceptors (Lipinski definition) is 6. The van der Waals surface area contributed by atoms with E-state index in [1.807, 2.05) is 24.3 Å². The van der Waals surface area contributed by atoms with Crippen LogP contribution in [-0.2, 0) is 0 Å². The number of aromatic amines is 1. The average molecular weight is 316 g/mol. The topological polar surface area (TPSA) is 114 Å². The van der Waals surface area contributed by atoms with Crippen LogP contribution in [0, 0.1) is 11.3 Å². The van der Waals surface area contributed by atoms with E-state index in [9.17, 15) is 5.26 Å². The molecule has 0 radical (unpaired) electrons. The molecule has 0 amide bonds. The Hall–Kier alpha value is -3.66. The number of ether oxygens (including phenoxy) is 1. The van der Waals surface area contributed by atoms with Crippen LogP contribution in [0.2, 0.25) is 0 Å². The van der Waals surface area contributed by atoms with Gasteiger partial charge in [0, 0.05) is 30.4 Å². The Morgan fingerprint density at radius 2 is 1.75 bits per heavy atom. The molecule has 0 aromatic carbocycles. The maximum Gasteiger partial charge on any atom is 0.244 e. The van der Waals surface area contributed by atoms with Crippen molar-refractivity contribution < 1.29 is 4.74 Å². The first kappa shape index (κ1) is 14.0. The number of allylic oxidation sites excluding steroid dienone is 1. The van der Waals surface area contributed by atoms with E-state index in [-0.39, 0.29) is 11.8 Å². The van der Waals surface area contributed by atoms with Crippen molar-refractivity contribution >= 4 is 0 Å². The summed E-state index contributed by atoms with van der Waals surface area (Å²) in [6.45, 7) is 0. The van der Waals surface area contributed by atoms with Gasteiger partial charge in [0.1, 0.15) is 11.6 Å². The second kappa shape index (κ2) is 5.52. The van der Waals surface area contributed by atoms with Crippen LogP contribution in [-0.4, -0.2) is 20.2 Å². The molecule has 24 heavy (non-hydrogen) atoms. The minimum atomic E-state index is -0.372. The Balaban J connectivity index is 1.96. The molecule has 1 aliphatic rings. The highest BCUT2D eigenvalue weighted by Crippen LogP contribution is 2.45. The van der Waals surface area contributed by atoms with Crippen LogP contribution in [0.4, 0.5) is 0 Å². The summed E-state index contributed by atoms with van der Waals surface area (Å²) in [5.74, 6) is 0.0726. The van der Waals surface area contributed by atoms with Gasteiger partial charge in [-0.15, -0.1) is 5.10 Å². The fourth-order valence-corrected chi connectivity index (χ4v) is 2.87. The van der Waals surface area contributed by atoms with Gasteiger partial charge in [-0.1, -0.05) is 0 Å². The van der Waals surface area contributed by atoms with E-state index in [2.05, 4.69) is 26.2 Å². The van der Waals surface area contributed by atoms with Crippen LogP contribution < -0.4 is 10.5 Å². The number of hydrogen-bond donors (Lipinski definition) is 2. The number of fused-ring (bicyclic) bond motifs is 1. The second-order valence-corrected chi connectivity index (χ2v) is 5.26. The van der Waals surface area contributed by atoms with Crippen LogP contribution in [0.25, 0.3) is 11.3 Å². The van der Waals surface area contributed by atoms with Crippen LogP contribution >= 0.6 is 0 Å². The molecule has 1 atom stereocenters. The molecule has 4 rings (SSSR count). The first-order chi connectivity index (χ1) is 11.8. The molecule has 116 valence electrons. The SMILES string of the molecule is N#CC1=C(N)Oc2n[nH]c(-c3ccncc3)c2C1c1ccncc1. The highest BCUT2D eigenvalue weighted by molar-refractivity contribution is 5.70. The van der Waals surface area contributed by atoms with Crippen LogP contribution in [0.1, 0.15) is 17.0 Å². The predicted molar refractivity (Wildman–Crippen MR) is 85.4 cm³/mol. The molecule has 0 spiro atoms. The number of nitrogens with one attached hydrogen (secondary N) is 1. The standard InChI is InChI=1S/C17H12N6O/c18-9-12-13(10-1-5-20-6-2-10)14-15(11-3-7-21-8-4-11)22-23-17(14)24-16(12)19/h1-8,13H,19H2,(H,22,23). The molecule has 4 heterocycles. The maximum absolute atomic E-state index is 9.59. The fraction of sp³-hybridized carbons (Fsp3) is 0.0588. The monoisotopic (exact) mass is 316 g/mol. The van der Waals surface area contributed by atoms with Gasteiger partial charge in [-0.2, -0.15) is 5.26 Å². The highest BCUT2D eigenvalue weighted by atomic mass is 16.5. The Kier molecular flexibility index (Phi) is 3.21. The lowest BCUT2D eigenvalue weighted by Gasteiger charge is -2.23. The zero-order valence-electron chi connectivity index (χ0n) is 12.5. The summed E-state index contributed by atoms with van der Waals surface area (Å²) in [7, 11) is 0. The molecule has 7 nitrogen and oxygen atoms in total. The largest absolute Gasteiger partial charge is 0.420 e. The number of aromatic nitrogens is 4. The third-order valence-corrected chi connectivity index (χ3v) is 3.95. The van der Waals surface area contributed by atoms with Gasteiger partial charge in [0.2, 0.25) is 11.8 Å². The summed E-state index contributed by atoms with van der Waals surface area (Å²) in [5.41, 5.74) is 9.63. The van der Waals surface area contributed by atoms with E-state index in [4.69, 9.17) is 10.5 Å². The number of nitrogens with zero attached hydrogens (tertiary/aromatic N) is 4. The molecular weight excluding hydrogens is 304 g/mol. The van der Waals surface area contributed by atoms with Crippen molar-refractivity contribution in [2.75, 3.05) is 0 Å². The molecule has 1 unspecified atom stereocenters. The van der Waals surface area contributed by atoms with Gasteiger partial charge in [-0.05, 0) is 29.8 Å². The van der Waals surface area contributed by atoms with Gasteiger partial charge in [0.05, 0.1) is 17.2 Å². The summed E-state index contributed by atoms with van der Waals surface area (Å²) in [6.07, 6.45) is 6.76. The summed E-state index contributed by atoms with van der Waals surface area (Å²) in [6, 6.07) is 9.61. The van der Waals surface area contributed by atoms with E-state index in [1.165, 1.54) is 0 Å². The zero-order valence-corrected chi connectivity index (χ0v) is 12.5. The van der Waals surface area contributed by atoms with Crippen molar-refractivity contribution in [2.24, 2.45) is 5.73 Å². The maximum atomic E-state index is 9.59. The van der Waals surface area contributed by atoms with E-state index in [1.54, 1.807) is 24.8 Å². The molecule has 0 bridgehead atoms. The minimum Gasteiger partial charge on any atom is -0.420 e. The van der Waals surface area contributed by atoms with Gasteiger partial charge in [0.15, 0.2) is 0 Å². The highest BCUT2D eigenvalue weighted by Gasteiger charge is 2.35. The van der Waals surface area contributed by atoms with Crippen LogP contribution in [0.15, 0.2) is 60.5 Å². The van der Waals surface area contributed by atoms with Gasteiger partial charge < -0.3 is 10.5 Å². The van der Waals surface area contributed by atoms with Crippen molar-refractivity contribution in [1.82, 2.24) is 20.2 Å². The second-order valence-electron chi connectivity index (χ2n) is 5.26. The Morgan fingerprint density at radius 3 is 2.42 bits per heavy atom. The van der Waals surface area contributed by atoms with Crippen molar-refractivity contribution in [2.45, 2.75) is 5.92 Å². The van der Waals surface area contributed by atoms with Crippen molar-refractivity contribution in [1.29, 1.82) is 5.26 Å². The number of pyridine rings is 2. The first-order valence-corrected chi connectivity index (χ1v) is 7.25. The summed E-state index contributed by atoms with van der Waals surface area (Å²) in [4.78, 5) is 8.07. The van der Waals surface area contributed by atoms with E-state index < -0.39 is 0 Å². The lowest BCUT2D eigenvalue weighted by atomic mass is 9.83. The molecule has 7 heteroatoms. The van der Waals surface area contributed by atoms with Crippen LogP contribution in [0.3, 0.4) is 0 Å². The van der Waals surface area contributed by atoms with Crippen LogP contribution in [0.5, 0.6) is 5.88 Å². The first-order valence-electron chi connectivity index (χ1n) is 7.25. The Morgan fingerprint density at radius 1 is 1.08 bits per heavy atom. The number of H-pyrrole nitrogens is 1. The third kappa shape index (κ3) is 2.09. The normalized spacial score (nSPS) is 16.2. The molecular formula is C17H12N6O. The molecule has 0 aliphatic carbocycles. The zero-order chi connectivity index (χ0) is 16.5. The fourth-order valence-electron chi connectivity index (χ4n) is 2.87. The lowest BCUT2D eigenvalue weighted by molar-refractivity contribution is 0.379. The van der Waals surface area contributed by atoms with Crippen molar-refractivity contribution in [3.63, 3.8) is 0 Å². The minimum absolute atomic E-state index is 0.0691. The Bertz CT molecular complexity index is 956. The molecule has 3 aromatic heterocycles. The third-order valence-electron chi connectivity index (χ3n) is 3.95. The van der Waals surface area contributed by atoms with Gasteiger partial charge in [-0.3, -0.25) is 15.1 Å². The predicted octanol–water partition coefficient (Wildman–Crippen LogP) is 2.08. The van der Waals surface area contributed by atoms with Gasteiger partial charge in [-0.25, -0.2) is 0 Å². The molecule has 0 fully saturated rings. The quantitative estimate of drug-likeness (QED) is 0.748. The smallest absolute Gasteiger partial charge is 0.244 e. The van der Waals surface area contributed by atoms with Crippen molar-refractivity contribution in [3.8, 4) is 23.2 Å². The van der Waals surface area contributed by atoms with E-state index in [0.29, 0.717) is 11.5 Å². The van der Waals surface area contributed by atoms with E-state index >= 15 is 0 Å². The number of nitriles is 1. The number of nitrogens with two attached hydrogens (primary N) is 1. The summed E-state index contributed by atoms with van der Waals surface area (Å²) in [5, 5.41) is 16.8. The molecule has 3 aromatic rings. The number of rotatable bonds is 2. The summed E-state index contributed by atoms with van der Waals surface area (Å²) < 4.78 is 5.55. The molecule has 0 saturated heterocycles. The van der Waals surface area contributed by atoms with Crippen molar-refractivity contribution in [3.05, 3.63) is 71.6 Å². The molecule has 3 N–H and O–H groups in total. The van der Waals surface area contributed by atoms with Gasteiger partial charge in [0.25, 0.3) is 0 Å². The molecule has 1 aliphatic heterocycles.